The molecule has 0 aliphatic rings. The van der Waals surface area contributed by atoms with E-state index in [1.807, 2.05) is 18.2 Å². The van der Waals surface area contributed by atoms with Gasteiger partial charge < -0.3 is 9.53 Å². The second kappa shape index (κ2) is 6.25. The Morgan fingerprint density at radius 3 is 2.13 bits per heavy atom. The van der Waals surface area contributed by atoms with Gasteiger partial charge >= 0.3 is 0 Å². The lowest BCUT2D eigenvalue weighted by molar-refractivity contribution is 0.328. The van der Waals surface area contributed by atoms with Crippen LogP contribution in [0, 0.1) is 0 Å². The van der Waals surface area contributed by atoms with Crippen molar-refractivity contribution >= 4 is 8.32 Å². The van der Waals surface area contributed by atoms with Crippen molar-refractivity contribution in [3.8, 4) is 0 Å². The van der Waals surface area contributed by atoms with Crippen LogP contribution in [0.4, 0.5) is 0 Å². The van der Waals surface area contributed by atoms with Crippen LogP contribution in [0.15, 0.2) is 24.3 Å². The van der Waals surface area contributed by atoms with Crippen molar-refractivity contribution in [1.29, 1.82) is 0 Å². The Kier molecular flexibility index (Phi) is 6.09. The second-order valence-electron chi connectivity index (χ2n) is 5.11. The fraction of sp³-hybridized carbons (Fsp3) is 0.667. The molecule has 0 amide bonds. The number of hydrogen-bond donors (Lipinski definition) is 1. The zero-order chi connectivity index (χ0) is 11.9. The largest absolute Gasteiger partial charge is 0.413 e. The van der Waals surface area contributed by atoms with Crippen LogP contribution < -0.4 is 0 Å². The highest BCUT2D eigenvalue weighted by atomic mass is 28.4. The van der Waals surface area contributed by atoms with Crippen LogP contribution in [-0.2, 0) is 4.43 Å². The number of aliphatic hydroxyl groups excluding tert-OH is 1. The van der Waals surface area contributed by atoms with E-state index in [-0.39, 0.29) is 11.6 Å². The Morgan fingerprint density at radius 2 is 1.67 bits per heavy atom. The van der Waals surface area contributed by atoms with Gasteiger partial charge in [-0.25, -0.2) is 0 Å². The van der Waals surface area contributed by atoms with Gasteiger partial charge in [0.15, 0.2) is 8.32 Å². The molecule has 0 aliphatic heterocycles. The molecule has 0 spiro atoms. The molecule has 3 heteroatoms. The van der Waals surface area contributed by atoms with Gasteiger partial charge in [0.25, 0.3) is 0 Å². The molecule has 0 aromatic carbocycles. The van der Waals surface area contributed by atoms with Gasteiger partial charge in [0, 0.05) is 0 Å². The third kappa shape index (κ3) is 5.92. The standard InChI is InChI=1S/C12H24O2Si/c1-12(2,3)15(4,5)14-11-9-7-6-8-10-13/h6-9,13H,10-11H2,1-5H3/b8-6+,9-7+. The predicted octanol–water partition coefficient (Wildman–Crippen LogP) is 3.11. The molecule has 0 saturated carbocycles. The minimum atomic E-state index is -1.60. The van der Waals surface area contributed by atoms with Crippen molar-refractivity contribution in [3.05, 3.63) is 24.3 Å². The Bertz CT molecular complexity index is 224. The smallest absolute Gasteiger partial charge is 0.192 e. The van der Waals surface area contributed by atoms with Crippen LogP contribution in [0.5, 0.6) is 0 Å². The van der Waals surface area contributed by atoms with Gasteiger partial charge in [0.2, 0.25) is 0 Å². The first-order valence-electron chi connectivity index (χ1n) is 5.38. The SMILES string of the molecule is CC(C)(C)[Si](C)(C)OC/C=C/C=C/CO. The summed E-state index contributed by atoms with van der Waals surface area (Å²) >= 11 is 0. The molecule has 2 nitrogen and oxygen atoms in total. The predicted molar refractivity (Wildman–Crippen MR) is 68.5 cm³/mol. The fourth-order valence-electron chi connectivity index (χ4n) is 0.747. The summed E-state index contributed by atoms with van der Waals surface area (Å²) in [5.41, 5.74) is 0. The molecule has 0 aromatic rings. The van der Waals surface area contributed by atoms with Crippen molar-refractivity contribution in [1.82, 2.24) is 0 Å². The molecule has 0 unspecified atom stereocenters. The zero-order valence-electron chi connectivity index (χ0n) is 10.6. The number of hydrogen-bond acceptors (Lipinski definition) is 2. The maximum atomic E-state index is 8.51. The molecule has 0 radical (unpaired) electrons. The van der Waals surface area contributed by atoms with E-state index < -0.39 is 8.32 Å². The lowest BCUT2D eigenvalue weighted by Gasteiger charge is -2.35. The molecule has 0 aliphatic carbocycles. The van der Waals surface area contributed by atoms with Crippen LogP contribution in [-0.4, -0.2) is 26.6 Å². The molecule has 0 saturated heterocycles. The Hall–Kier alpha value is -0.383. The molecule has 0 bridgehead atoms. The lowest BCUT2D eigenvalue weighted by Crippen LogP contribution is -2.40. The van der Waals surface area contributed by atoms with E-state index in [9.17, 15) is 0 Å². The molecule has 88 valence electrons. The maximum Gasteiger partial charge on any atom is 0.192 e. The first-order chi connectivity index (χ1) is 6.81. The van der Waals surface area contributed by atoms with E-state index in [4.69, 9.17) is 9.53 Å². The van der Waals surface area contributed by atoms with Crippen molar-refractivity contribution in [2.75, 3.05) is 13.2 Å². The van der Waals surface area contributed by atoms with Gasteiger partial charge in [-0.05, 0) is 18.1 Å². The van der Waals surface area contributed by atoms with Crippen molar-refractivity contribution in [2.24, 2.45) is 0 Å². The van der Waals surface area contributed by atoms with Gasteiger partial charge in [-0.2, -0.15) is 0 Å². The summed E-state index contributed by atoms with van der Waals surface area (Å²) in [6.07, 6.45) is 7.41. The Balaban J connectivity index is 3.96. The van der Waals surface area contributed by atoms with E-state index in [2.05, 4.69) is 33.9 Å². The van der Waals surface area contributed by atoms with Gasteiger partial charge in [-0.3, -0.25) is 0 Å². The summed E-state index contributed by atoms with van der Waals surface area (Å²) in [5.74, 6) is 0. The van der Waals surface area contributed by atoms with Crippen molar-refractivity contribution in [3.63, 3.8) is 0 Å². The van der Waals surface area contributed by atoms with Crippen LogP contribution in [0.2, 0.25) is 18.1 Å². The quantitative estimate of drug-likeness (QED) is 0.579. The highest BCUT2D eigenvalue weighted by Gasteiger charge is 2.36. The molecule has 1 N–H and O–H groups in total. The van der Waals surface area contributed by atoms with E-state index in [1.165, 1.54) is 0 Å². The van der Waals surface area contributed by atoms with Crippen molar-refractivity contribution < 1.29 is 9.53 Å². The molecular weight excluding hydrogens is 204 g/mol. The van der Waals surface area contributed by atoms with E-state index >= 15 is 0 Å². The summed E-state index contributed by atoms with van der Waals surface area (Å²) in [6, 6.07) is 0. The maximum absolute atomic E-state index is 8.51. The fourth-order valence-corrected chi connectivity index (χ4v) is 1.69. The van der Waals surface area contributed by atoms with E-state index in [0.29, 0.717) is 6.61 Å². The normalized spacial score (nSPS) is 14.3. The Labute approximate surface area is 94.8 Å². The average Bonchev–Trinajstić information content (AvgIpc) is 2.09. The topological polar surface area (TPSA) is 29.5 Å². The molecular formula is C12H24O2Si. The zero-order valence-corrected chi connectivity index (χ0v) is 11.6. The van der Waals surface area contributed by atoms with Crippen LogP contribution >= 0.6 is 0 Å². The lowest BCUT2D eigenvalue weighted by atomic mass is 10.2. The summed E-state index contributed by atoms with van der Waals surface area (Å²) < 4.78 is 5.93. The first kappa shape index (κ1) is 14.6. The summed E-state index contributed by atoms with van der Waals surface area (Å²) in [7, 11) is -1.60. The molecule has 0 fully saturated rings. The molecule has 15 heavy (non-hydrogen) atoms. The summed E-state index contributed by atoms with van der Waals surface area (Å²) in [6.45, 7) is 11.9. The highest BCUT2D eigenvalue weighted by molar-refractivity contribution is 6.74. The first-order valence-corrected chi connectivity index (χ1v) is 8.28. The summed E-state index contributed by atoms with van der Waals surface area (Å²) in [4.78, 5) is 0. The highest BCUT2D eigenvalue weighted by Crippen LogP contribution is 2.36. The van der Waals surface area contributed by atoms with Crippen LogP contribution in [0.1, 0.15) is 20.8 Å². The number of aliphatic hydroxyl groups is 1. The Morgan fingerprint density at radius 1 is 1.13 bits per heavy atom. The third-order valence-electron chi connectivity index (χ3n) is 2.84. The third-order valence-corrected chi connectivity index (χ3v) is 7.34. The molecule has 0 aromatic heterocycles. The number of allylic oxidation sites excluding steroid dienone is 2. The van der Waals surface area contributed by atoms with Crippen molar-refractivity contribution in [2.45, 2.75) is 38.9 Å². The number of rotatable bonds is 5. The van der Waals surface area contributed by atoms with Gasteiger partial charge in [0.1, 0.15) is 0 Å². The van der Waals surface area contributed by atoms with Gasteiger partial charge in [-0.15, -0.1) is 0 Å². The van der Waals surface area contributed by atoms with Gasteiger partial charge in [-0.1, -0.05) is 45.1 Å². The molecule has 0 heterocycles. The minimum Gasteiger partial charge on any atom is -0.413 e. The van der Waals surface area contributed by atoms with Crippen LogP contribution in [0.25, 0.3) is 0 Å². The van der Waals surface area contributed by atoms with E-state index in [1.54, 1.807) is 6.08 Å². The van der Waals surface area contributed by atoms with Gasteiger partial charge in [0.05, 0.1) is 13.2 Å². The average molecular weight is 228 g/mol. The summed E-state index contributed by atoms with van der Waals surface area (Å²) in [5, 5.41) is 8.78. The van der Waals surface area contributed by atoms with Crippen LogP contribution in [0.3, 0.4) is 0 Å². The minimum absolute atomic E-state index is 0.0907. The molecule has 0 rings (SSSR count). The second-order valence-corrected chi connectivity index (χ2v) is 9.92. The van der Waals surface area contributed by atoms with E-state index in [0.717, 1.165) is 0 Å². The monoisotopic (exact) mass is 228 g/mol. The molecule has 0 atom stereocenters.